The second-order valence-corrected chi connectivity index (χ2v) is 9.93. The van der Waals surface area contributed by atoms with Gasteiger partial charge in [0.2, 0.25) is 0 Å². The summed E-state index contributed by atoms with van der Waals surface area (Å²) in [4.78, 5) is 25.4. The van der Waals surface area contributed by atoms with E-state index in [2.05, 4.69) is 15.4 Å². The predicted molar refractivity (Wildman–Crippen MR) is 135 cm³/mol. The highest BCUT2D eigenvalue weighted by atomic mass is 32.2. The number of methoxy groups -OCH3 is 1. The highest BCUT2D eigenvalue weighted by Gasteiger charge is 2.23. The zero-order valence-corrected chi connectivity index (χ0v) is 20.8. The van der Waals surface area contributed by atoms with Gasteiger partial charge in [0.05, 0.1) is 34.9 Å². The molecule has 0 radical (unpaired) electrons. The van der Waals surface area contributed by atoms with E-state index in [-0.39, 0.29) is 39.5 Å². The van der Waals surface area contributed by atoms with Crippen LogP contribution in [0.25, 0.3) is 0 Å². The molecule has 0 spiro atoms. The Labute approximate surface area is 205 Å². The number of sulfonamides is 1. The van der Waals surface area contributed by atoms with Crippen LogP contribution >= 0.6 is 0 Å². The third-order valence-electron chi connectivity index (χ3n) is 5.21. The highest BCUT2D eigenvalue weighted by Crippen LogP contribution is 2.26. The summed E-state index contributed by atoms with van der Waals surface area (Å²) in [6.45, 7) is 5.45. The third kappa shape index (κ3) is 6.39. The van der Waals surface area contributed by atoms with Crippen molar-refractivity contribution in [3.63, 3.8) is 0 Å². The van der Waals surface area contributed by atoms with Gasteiger partial charge in [-0.1, -0.05) is 42.5 Å². The number of carbonyl (C=O) groups excluding carboxylic acids is 2. The van der Waals surface area contributed by atoms with Gasteiger partial charge in [0, 0.05) is 6.04 Å². The van der Waals surface area contributed by atoms with E-state index in [0.29, 0.717) is 0 Å². The van der Waals surface area contributed by atoms with E-state index in [1.54, 1.807) is 32.0 Å². The molecule has 0 saturated heterocycles. The number of amides is 2. The molecule has 3 N–H and O–H groups in total. The zero-order valence-electron chi connectivity index (χ0n) is 20.0. The Morgan fingerprint density at radius 3 is 2.09 bits per heavy atom. The molecule has 0 fully saturated rings. The Morgan fingerprint density at radius 1 is 0.800 bits per heavy atom. The lowest BCUT2D eigenvalue weighted by atomic mass is 10.1. The topological polar surface area (TPSA) is 114 Å². The molecule has 0 aliphatic rings. The Balaban J connectivity index is 1.88. The number of hydrogen-bond acceptors (Lipinski definition) is 5. The average molecular weight is 496 g/mol. The first-order valence-electron chi connectivity index (χ1n) is 11.1. The van der Waals surface area contributed by atoms with Crippen molar-refractivity contribution in [3.8, 4) is 5.75 Å². The number of anilines is 1. The average Bonchev–Trinajstić information content (AvgIpc) is 2.83. The fourth-order valence-electron chi connectivity index (χ4n) is 3.44. The lowest BCUT2D eigenvalue weighted by Crippen LogP contribution is -2.30. The summed E-state index contributed by atoms with van der Waals surface area (Å²) in [5.74, 6) is -0.633. The first-order valence-corrected chi connectivity index (χ1v) is 12.6. The summed E-state index contributed by atoms with van der Waals surface area (Å²) in [5, 5.41) is 5.62. The number of benzene rings is 3. The molecule has 35 heavy (non-hydrogen) atoms. The minimum Gasteiger partial charge on any atom is -0.496 e. The number of nitrogens with one attached hydrogen (secondary N) is 3. The number of hydrogen-bond donors (Lipinski definition) is 3. The third-order valence-corrected chi connectivity index (χ3v) is 6.57. The first-order chi connectivity index (χ1) is 16.6. The van der Waals surface area contributed by atoms with Gasteiger partial charge in [-0.05, 0) is 56.7 Å². The largest absolute Gasteiger partial charge is 0.496 e. The fourth-order valence-corrected chi connectivity index (χ4v) is 4.55. The van der Waals surface area contributed by atoms with Crippen LogP contribution in [0.5, 0.6) is 5.75 Å². The van der Waals surface area contributed by atoms with Crippen molar-refractivity contribution >= 4 is 27.5 Å². The van der Waals surface area contributed by atoms with Gasteiger partial charge in [0.15, 0.2) is 0 Å². The van der Waals surface area contributed by atoms with Crippen molar-refractivity contribution in [2.45, 2.75) is 37.8 Å². The van der Waals surface area contributed by atoms with Gasteiger partial charge in [-0.25, -0.2) is 8.42 Å². The summed E-state index contributed by atoms with van der Waals surface area (Å²) >= 11 is 0. The van der Waals surface area contributed by atoms with Crippen LogP contribution in [0, 0.1) is 0 Å². The quantitative estimate of drug-likeness (QED) is 0.413. The van der Waals surface area contributed by atoms with Crippen molar-refractivity contribution in [1.29, 1.82) is 0 Å². The van der Waals surface area contributed by atoms with E-state index in [1.807, 2.05) is 37.3 Å². The van der Waals surface area contributed by atoms with E-state index in [1.165, 1.54) is 31.4 Å². The van der Waals surface area contributed by atoms with Crippen molar-refractivity contribution < 1.29 is 22.7 Å². The van der Waals surface area contributed by atoms with E-state index in [0.717, 1.165) is 5.56 Å². The number of para-hydroxylation sites is 1. The molecule has 0 saturated carbocycles. The van der Waals surface area contributed by atoms with E-state index < -0.39 is 21.8 Å². The van der Waals surface area contributed by atoms with Gasteiger partial charge in [0.25, 0.3) is 21.8 Å². The number of carbonyl (C=O) groups is 2. The Kier molecular flexibility index (Phi) is 8.14. The molecular formula is C26H29N3O5S. The highest BCUT2D eigenvalue weighted by molar-refractivity contribution is 7.92. The van der Waals surface area contributed by atoms with Gasteiger partial charge >= 0.3 is 0 Å². The maximum Gasteiger partial charge on any atom is 0.261 e. The molecule has 0 aromatic heterocycles. The van der Waals surface area contributed by atoms with Gasteiger partial charge in [-0.3, -0.25) is 14.3 Å². The molecule has 0 aliphatic heterocycles. The van der Waals surface area contributed by atoms with Gasteiger partial charge in [-0.15, -0.1) is 0 Å². The molecule has 1 unspecified atom stereocenters. The monoisotopic (exact) mass is 495 g/mol. The van der Waals surface area contributed by atoms with Crippen LogP contribution in [0.1, 0.15) is 53.1 Å². The summed E-state index contributed by atoms with van der Waals surface area (Å²) in [6.07, 6.45) is 0. The minimum absolute atomic E-state index is 0.0896. The lowest BCUT2D eigenvalue weighted by molar-refractivity contribution is 0.0931. The molecule has 3 aromatic rings. The van der Waals surface area contributed by atoms with Crippen LogP contribution in [-0.2, 0) is 10.0 Å². The van der Waals surface area contributed by atoms with Crippen LogP contribution < -0.4 is 20.1 Å². The van der Waals surface area contributed by atoms with Crippen molar-refractivity contribution in [1.82, 2.24) is 10.6 Å². The summed E-state index contributed by atoms with van der Waals surface area (Å²) in [6, 6.07) is 19.4. The molecular weight excluding hydrogens is 466 g/mol. The maximum atomic E-state index is 13.2. The van der Waals surface area contributed by atoms with Crippen LogP contribution in [0.2, 0.25) is 0 Å². The van der Waals surface area contributed by atoms with Gasteiger partial charge in [-0.2, -0.15) is 0 Å². The normalized spacial score (nSPS) is 12.0. The van der Waals surface area contributed by atoms with E-state index >= 15 is 0 Å². The van der Waals surface area contributed by atoms with Crippen LogP contribution in [0.4, 0.5) is 5.69 Å². The Hall–Kier alpha value is -3.85. The molecule has 9 heteroatoms. The van der Waals surface area contributed by atoms with Crippen molar-refractivity contribution in [3.05, 3.63) is 89.5 Å². The molecule has 0 bridgehead atoms. The number of ether oxygens (including phenoxy) is 1. The minimum atomic E-state index is -4.13. The fraction of sp³-hybridized carbons (Fsp3) is 0.231. The van der Waals surface area contributed by atoms with Crippen molar-refractivity contribution in [2.24, 2.45) is 0 Å². The summed E-state index contributed by atoms with van der Waals surface area (Å²) < 4.78 is 34.1. The lowest BCUT2D eigenvalue weighted by Gasteiger charge is -2.17. The van der Waals surface area contributed by atoms with Crippen LogP contribution in [0.3, 0.4) is 0 Å². The molecule has 3 rings (SSSR count). The van der Waals surface area contributed by atoms with E-state index in [4.69, 9.17) is 4.74 Å². The zero-order chi connectivity index (χ0) is 25.6. The second-order valence-electron chi connectivity index (χ2n) is 8.25. The molecule has 8 nitrogen and oxygen atoms in total. The maximum absolute atomic E-state index is 13.2. The van der Waals surface area contributed by atoms with E-state index in [9.17, 15) is 18.0 Å². The molecule has 184 valence electrons. The standard InChI is InChI=1S/C26H29N3O5S/c1-17(2)27-26(31)22-16-20(14-15-24(22)34-4)35(32,33)29-23-13-9-8-12-21(23)25(30)28-18(3)19-10-6-5-7-11-19/h5-18,29H,1-4H3,(H,27,31)(H,28,30). The summed E-state index contributed by atoms with van der Waals surface area (Å²) in [5.41, 5.74) is 1.30. The second kappa shape index (κ2) is 11.1. The molecule has 3 aromatic carbocycles. The predicted octanol–water partition coefficient (Wildman–Crippen LogP) is 4.13. The summed E-state index contributed by atoms with van der Waals surface area (Å²) in [7, 11) is -2.72. The van der Waals surface area contributed by atoms with Crippen LogP contribution in [0.15, 0.2) is 77.7 Å². The van der Waals surface area contributed by atoms with Gasteiger partial charge < -0.3 is 15.4 Å². The Morgan fingerprint density at radius 2 is 1.43 bits per heavy atom. The van der Waals surface area contributed by atoms with Gasteiger partial charge in [0.1, 0.15) is 5.75 Å². The smallest absolute Gasteiger partial charge is 0.261 e. The first kappa shape index (κ1) is 25.8. The SMILES string of the molecule is COc1ccc(S(=O)(=O)Nc2ccccc2C(=O)NC(C)c2ccccc2)cc1C(=O)NC(C)C. The molecule has 1 atom stereocenters. The Bertz CT molecular complexity index is 1310. The van der Waals surface area contributed by atoms with Crippen LogP contribution in [-0.4, -0.2) is 33.4 Å². The van der Waals surface area contributed by atoms with Crippen molar-refractivity contribution in [2.75, 3.05) is 11.8 Å². The number of rotatable bonds is 9. The molecule has 0 aliphatic carbocycles. The molecule has 0 heterocycles. The molecule has 2 amide bonds.